The summed E-state index contributed by atoms with van der Waals surface area (Å²) >= 11 is 22.4. The highest BCUT2D eigenvalue weighted by atomic mass is 127. The van der Waals surface area contributed by atoms with E-state index in [1.807, 2.05) is 0 Å². The highest BCUT2D eigenvalue weighted by Gasteiger charge is 2.29. The Morgan fingerprint density at radius 1 is 0.559 bits per heavy atom. The first-order chi connectivity index (χ1) is 16.0. The van der Waals surface area contributed by atoms with Gasteiger partial charge in [0.05, 0.1) is 7.14 Å². The van der Waals surface area contributed by atoms with Crippen LogP contribution in [0, 0.1) is 46.2 Å². The van der Waals surface area contributed by atoms with Gasteiger partial charge in [-0.15, -0.1) is 0 Å². The SMILES string of the molecule is Cc1c(I)c(Cc2cc(I)c(I)cc2I)cc(I)c1[I+]c1cc(I)c2c(I)ccc(I)c2c1I. The molecule has 0 nitrogen and oxygen atoms in total. The summed E-state index contributed by atoms with van der Waals surface area (Å²) in [7, 11) is 0. The molecule has 176 valence electrons. The van der Waals surface area contributed by atoms with E-state index >= 15 is 0 Å². The summed E-state index contributed by atoms with van der Waals surface area (Å²) in [4.78, 5) is 0. The van der Waals surface area contributed by atoms with Crippen LogP contribution in [0.25, 0.3) is 10.8 Å². The zero-order valence-corrected chi connectivity index (χ0v) is 38.5. The Bertz CT molecular complexity index is 1460. The third kappa shape index (κ3) is 6.90. The second kappa shape index (κ2) is 13.6. The summed E-state index contributed by atoms with van der Waals surface area (Å²) in [5, 5.41) is 2.83. The predicted octanol–water partition coefficient (Wildman–Crippen LogP) is 8.31. The van der Waals surface area contributed by atoms with Gasteiger partial charge in [0.15, 0.2) is 0 Å². The van der Waals surface area contributed by atoms with Crippen molar-refractivity contribution in [3.63, 3.8) is 0 Å². The van der Waals surface area contributed by atoms with Gasteiger partial charge in [-0.25, -0.2) is 0 Å². The molecule has 0 aromatic heterocycles. The van der Waals surface area contributed by atoms with E-state index in [9.17, 15) is 0 Å². The largest absolute Gasteiger partial charge is 0.360 e. The Hall–Kier alpha value is 4.44. The van der Waals surface area contributed by atoms with Gasteiger partial charge in [0.25, 0.3) is 0 Å². The zero-order chi connectivity index (χ0) is 24.9. The van der Waals surface area contributed by atoms with Crippen LogP contribution in [-0.4, -0.2) is 0 Å². The van der Waals surface area contributed by atoms with E-state index < -0.39 is 0 Å². The molecular formula is C24H11I10+. The fraction of sp³-hybridized carbons (Fsp3) is 0.0833. The first-order valence-corrected chi connectivity index (χ1v) is 21.4. The summed E-state index contributed by atoms with van der Waals surface area (Å²) in [6.45, 7) is 2.33. The molecule has 0 unspecified atom stereocenters. The summed E-state index contributed by atoms with van der Waals surface area (Å²) in [5.74, 6) is 0. The Morgan fingerprint density at radius 3 is 1.82 bits per heavy atom. The van der Waals surface area contributed by atoms with Crippen LogP contribution in [0.15, 0.2) is 36.4 Å². The molecule has 4 aromatic carbocycles. The fourth-order valence-corrected chi connectivity index (χ4v) is 16.3. The van der Waals surface area contributed by atoms with Crippen molar-refractivity contribution in [2.75, 3.05) is 0 Å². The van der Waals surface area contributed by atoms with Crippen LogP contribution in [0.5, 0.6) is 0 Å². The van der Waals surface area contributed by atoms with Gasteiger partial charge in [-0.2, -0.15) is 0 Å². The van der Waals surface area contributed by atoms with Crippen LogP contribution < -0.4 is 21.2 Å². The van der Waals surface area contributed by atoms with Gasteiger partial charge >= 0.3 is 21.2 Å². The average Bonchev–Trinajstić information content (AvgIpc) is 2.77. The van der Waals surface area contributed by atoms with Gasteiger partial charge in [-0.3, -0.25) is 0 Å². The van der Waals surface area contributed by atoms with Crippen LogP contribution in [0.1, 0.15) is 16.7 Å². The molecule has 0 saturated heterocycles. The standard InChI is InChI=1S/C24H11I10/c1-9-22(32)11(4-10-5-15(28)16(29)7-14(10)27)6-18(31)24(9)34-19-8-17(30)20-12(25)2-3-13(26)21(20)23(19)33/h2-3,5-8H,4H2,1H3/q+1. The lowest BCUT2D eigenvalue weighted by molar-refractivity contribution is -0.600. The number of benzene rings is 4. The molecule has 4 rings (SSSR count). The normalized spacial score (nSPS) is 11.5. The Balaban J connectivity index is 1.77. The smallest absolute Gasteiger partial charge is 0.0471 e. The topological polar surface area (TPSA) is 0 Å². The molecule has 0 saturated carbocycles. The minimum Gasteiger partial charge on any atom is -0.0471 e. The monoisotopic (exact) mass is 1570 g/mol. The Labute approximate surface area is 333 Å². The van der Waals surface area contributed by atoms with Gasteiger partial charge in [-0.05, 0) is 258 Å². The maximum absolute atomic E-state index is 2.60. The first-order valence-electron chi connectivity index (χ1n) is 9.51. The summed E-state index contributed by atoms with van der Waals surface area (Å²) in [6, 6.07) is 14.0. The van der Waals surface area contributed by atoms with E-state index in [0.717, 1.165) is 6.42 Å². The van der Waals surface area contributed by atoms with Gasteiger partial charge in [0.2, 0.25) is 7.14 Å². The maximum atomic E-state index is 2.60. The minimum absolute atomic E-state index is 0.291. The van der Waals surface area contributed by atoms with Crippen molar-refractivity contribution in [3.8, 4) is 0 Å². The lowest BCUT2D eigenvalue weighted by Gasteiger charge is -2.12. The zero-order valence-electron chi connectivity index (χ0n) is 17.0. The van der Waals surface area contributed by atoms with E-state index in [0.29, 0.717) is 0 Å². The second-order valence-electron chi connectivity index (χ2n) is 7.33. The van der Waals surface area contributed by atoms with Gasteiger partial charge in [0.1, 0.15) is 0 Å². The number of halogens is 10. The molecule has 0 fully saturated rings. The molecule has 34 heavy (non-hydrogen) atoms. The van der Waals surface area contributed by atoms with E-state index in [-0.39, 0.29) is 21.2 Å². The molecule has 0 spiro atoms. The van der Waals surface area contributed by atoms with E-state index in [1.165, 1.54) is 63.2 Å². The molecule has 0 bridgehead atoms. The molecule has 0 heterocycles. The quantitative estimate of drug-likeness (QED) is 0.143. The van der Waals surface area contributed by atoms with Crippen LogP contribution in [0.3, 0.4) is 0 Å². The van der Waals surface area contributed by atoms with E-state index in [4.69, 9.17) is 0 Å². The first kappa shape index (κ1) is 31.4. The highest BCUT2D eigenvalue weighted by Crippen LogP contribution is 2.33. The van der Waals surface area contributed by atoms with Crippen molar-refractivity contribution in [3.05, 3.63) is 92.4 Å². The summed E-state index contributed by atoms with van der Waals surface area (Å²) in [6.07, 6.45) is 0.987. The fourth-order valence-electron chi connectivity index (χ4n) is 3.48. The van der Waals surface area contributed by atoms with Crippen LogP contribution in [-0.2, 0) is 6.42 Å². The molecule has 0 amide bonds. The third-order valence-corrected chi connectivity index (χ3v) is 20.5. The Morgan fingerprint density at radius 2 is 1.15 bits per heavy atom. The molecule has 0 aliphatic carbocycles. The number of hydrogen-bond acceptors (Lipinski definition) is 0. The highest BCUT2D eigenvalue weighted by molar-refractivity contribution is 14.1. The third-order valence-electron chi connectivity index (χ3n) is 5.14. The maximum Gasteiger partial charge on any atom is 0.360 e. The molecule has 0 atom stereocenters. The number of fused-ring (bicyclic) bond motifs is 1. The van der Waals surface area contributed by atoms with Crippen LogP contribution >= 0.6 is 203 Å². The van der Waals surface area contributed by atoms with E-state index in [1.54, 1.807) is 3.57 Å². The van der Waals surface area contributed by atoms with Crippen molar-refractivity contribution in [2.24, 2.45) is 0 Å². The van der Waals surface area contributed by atoms with Crippen molar-refractivity contribution in [1.29, 1.82) is 0 Å². The molecule has 4 aromatic rings. The average molecular weight is 1570 g/mol. The molecular weight excluding hydrogens is 1560 g/mol. The van der Waals surface area contributed by atoms with Gasteiger partial charge in [0, 0.05) is 47.4 Å². The lowest BCUT2D eigenvalue weighted by Crippen LogP contribution is -3.62. The van der Waals surface area contributed by atoms with Gasteiger partial charge < -0.3 is 0 Å². The Kier molecular flexibility index (Phi) is 12.6. The summed E-state index contributed by atoms with van der Waals surface area (Å²) in [5.41, 5.74) is 4.33. The van der Waals surface area contributed by atoms with Crippen molar-refractivity contribution in [2.45, 2.75) is 13.3 Å². The number of rotatable bonds is 4. The predicted molar refractivity (Wildman–Crippen MR) is 216 cm³/mol. The van der Waals surface area contributed by atoms with Crippen LogP contribution in [0.4, 0.5) is 0 Å². The van der Waals surface area contributed by atoms with E-state index in [2.05, 4.69) is 247 Å². The van der Waals surface area contributed by atoms with Gasteiger partial charge in [-0.1, -0.05) is 0 Å². The number of hydrogen-bond donors (Lipinski definition) is 0. The van der Waals surface area contributed by atoms with Crippen LogP contribution in [0.2, 0.25) is 0 Å². The molecule has 0 N–H and O–H groups in total. The van der Waals surface area contributed by atoms with Crippen molar-refractivity contribution < 1.29 is 21.2 Å². The minimum atomic E-state index is -0.291. The van der Waals surface area contributed by atoms with Crippen molar-refractivity contribution >= 4 is 214 Å². The molecule has 0 aliphatic heterocycles. The molecule has 0 radical (unpaired) electrons. The summed E-state index contributed by atoms with van der Waals surface area (Å²) < 4.78 is 15.4. The molecule has 10 heteroatoms. The van der Waals surface area contributed by atoms with Crippen molar-refractivity contribution in [1.82, 2.24) is 0 Å². The second-order valence-corrected chi connectivity index (χ2v) is 20.4. The molecule has 0 aliphatic rings. The lowest BCUT2D eigenvalue weighted by atomic mass is 10.0.